The summed E-state index contributed by atoms with van der Waals surface area (Å²) in [6, 6.07) is 1.72. The summed E-state index contributed by atoms with van der Waals surface area (Å²) in [6.45, 7) is -0.380. The van der Waals surface area contributed by atoms with Gasteiger partial charge in [0.25, 0.3) is 0 Å². The number of benzene rings is 1. The van der Waals surface area contributed by atoms with Crippen molar-refractivity contribution in [2.75, 3.05) is 12.8 Å². The molecule has 1 aliphatic rings. The van der Waals surface area contributed by atoms with E-state index in [1.807, 2.05) is 6.26 Å². The predicted molar refractivity (Wildman–Crippen MR) is 72.9 cm³/mol. The first-order chi connectivity index (χ1) is 9.33. The maximum atomic E-state index is 13.7. The molecule has 1 fully saturated rings. The highest BCUT2D eigenvalue weighted by Crippen LogP contribution is 2.46. The molecule has 4 nitrogen and oxygen atoms in total. The Balaban J connectivity index is 2.27. The molecular weight excluding hydrogens is 308 g/mol. The van der Waals surface area contributed by atoms with Gasteiger partial charge < -0.3 is 5.11 Å². The second-order valence-corrected chi connectivity index (χ2v) is 7.77. The first-order valence-electron chi connectivity index (χ1n) is 5.97. The van der Waals surface area contributed by atoms with Gasteiger partial charge in [0.15, 0.2) is 11.6 Å². The quantitative estimate of drug-likeness (QED) is 0.835. The average Bonchev–Trinajstić information content (AvgIpc) is 3.20. The summed E-state index contributed by atoms with van der Waals surface area (Å²) in [4.78, 5) is -0.765. The van der Waals surface area contributed by atoms with Crippen molar-refractivity contribution in [3.05, 3.63) is 29.3 Å². The molecule has 0 unspecified atom stereocenters. The molecule has 8 heteroatoms. The van der Waals surface area contributed by atoms with Crippen molar-refractivity contribution < 1.29 is 22.3 Å². The van der Waals surface area contributed by atoms with Gasteiger partial charge in [-0.3, -0.25) is 0 Å². The Kier molecular flexibility index (Phi) is 4.38. The summed E-state index contributed by atoms with van der Waals surface area (Å²) in [5.74, 6) is -2.72. The van der Waals surface area contributed by atoms with Gasteiger partial charge in [0.1, 0.15) is 4.90 Å². The summed E-state index contributed by atoms with van der Waals surface area (Å²) in [5, 5.41) is 8.94. The zero-order valence-corrected chi connectivity index (χ0v) is 12.5. The first-order valence-corrected chi connectivity index (χ1v) is 8.68. The highest BCUT2D eigenvalue weighted by atomic mass is 32.2. The maximum Gasteiger partial charge on any atom is 0.243 e. The van der Waals surface area contributed by atoms with Crippen LogP contribution >= 0.6 is 11.8 Å². The molecule has 0 bridgehead atoms. The molecule has 0 saturated heterocycles. The number of aliphatic hydroxyl groups excluding tert-OH is 1. The van der Waals surface area contributed by atoms with E-state index >= 15 is 0 Å². The molecule has 1 saturated carbocycles. The van der Waals surface area contributed by atoms with Gasteiger partial charge in [-0.25, -0.2) is 21.9 Å². The number of thioether (sulfide) groups is 1. The molecule has 1 aromatic carbocycles. The SMILES string of the molecule is CSC1(CNS(=O)(=O)c2cc(CO)cc(F)c2F)CC1. The summed E-state index contributed by atoms with van der Waals surface area (Å²) >= 11 is 1.55. The molecule has 2 N–H and O–H groups in total. The Bertz CT molecular complexity index is 615. The van der Waals surface area contributed by atoms with Gasteiger partial charge in [0.2, 0.25) is 10.0 Å². The van der Waals surface area contributed by atoms with Gasteiger partial charge in [0, 0.05) is 11.3 Å². The van der Waals surface area contributed by atoms with Crippen molar-refractivity contribution in [1.82, 2.24) is 4.72 Å². The van der Waals surface area contributed by atoms with Crippen LogP contribution in [0.15, 0.2) is 17.0 Å². The molecule has 1 aliphatic carbocycles. The van der Waals surface area contributed by atoms with Crippen molar-refractivity contribution in [3.8, 4) is 0 Å². The van der Waals surface area contributed by atoms with Crippen LogP contribution in [0.25, 0.3) is 0 Å². The summed E-state index contributed by atoms with van der Waals surface area (Å²) in [6.07, 6.45) is 3.67. The molecule has 20 heavy (non-hydrogen) atoms. The minimum atomic E-state index is -4.14. The van der Waals surface area contributed by atoms with Crippen LogP contribution in [-0.2, 0) is 16.6 Å². The van der Waals surface area contributed by atoms with Crippen LogP contribution in [0, 0.1) is 11.6 Å². The molecule has 0 atom stereocenters. The van der Waals surface area contributed by atoms with Crippen LogP contribution in [0.4, 0.5) is 8.78 Å². The van der Waals surface area contributed by atoms with Gasteiger partial charge in [0.05, 0.1) is 6.61 Å². The molecule has 0 heterocycles. The molecule has 0 radical (unpaired) electrons. The lowest BCUT2D eigenvalue weighted by Crippen LogP contribution is -2.32. The third kappa shape index (κ3) is 3.13. The van der Waals surface area contributed by atoms with Crippen LogP contribution in [0.5, 0.6) is 0 Å². The number of hydrogen-bond acceptors (Lipinski definition) is 4. The Morgan fingerprint density at radius 3 is 2.55 bits per heavy atom. The Morgan fingerprint density at radius 1 is 1.40 bits per heavy atom. The van der Waals surface area contributed by atoms with Crippen LogP contribution in [0.3, 0.4) is 0 Å². The van der Waals surface area contributed by atoms with Crippen LogP contribution in [0.1, 0.15) is 18.4 Å². The summed E-state index contributed by atoms with van der Waals surface area (Å²) in [7, 11) is -4.14. The van der Waals surface area contributed by atoms with Crippen molar-refractivity contribution >= 4 is 21.8 Å². The van der Waals surface area contributed by atoms with Crippen LogP contribution in [-0.4, -0.2) is 31.1 Å². The van der Waals surface area contributed by atoms with Crippen molar-refractivity contribution in [1.29, 1.82) is 0 Å². The lowest BCUT2D eigenvalue weighted by atomic mass is 10.2. The molecule has 1 aromatic rings. The Morgan fingerprint density at radius 2 is 2.05 bits per heavy atom. The largest absolute Gasteiger partial charge is 0.392 e. The smallest absolute Gasteiger partial charge is 0.243 e. The number of halogens is 2. The van der Waals surface area contributed by atoms with Gasteiger partial charge in [-0.05, 0) is 36.8 Å². The number of sulfonamides is 1. The van der Waals surface area contributed by atoms with E-state index in [9.17, 15) is 17.2 Å². The fourth-order valence-corrected chi connectivity index (χ4v) is 3.88. The van der Waals surface area contributed by atoms with E-state index in [-0.39, 0.29) is 16.9 Å². The van der Waals surface area contributed by atoms with Crippen molar-refractivity contribution in [3.63, 3.8) is 0 Å². The van der Waals surface area contributed by atoms with E-state index in [0.29, 0.717) is 0 Å². The molecule has 0 spiro atoms. The van der Waals surface area contributed by atoms with E-state index < -0.39 is 33.2 Å². The molecule has 0 aromatic heterocycles. The Labute approximate surface area is 120 Å². The molecule has 0 aliphatic heterocycles. The lowest BCUT2D eigenvalue weighted by Gasteiger charge is -2.14. The van der Waals surface area contributed by atoms with E-state index in [2.05, 4.69) is 4.72 Å². The minimum absolute atomic E-state index is 0.00952. The Hall–Kier alpha value is -0.700. The normalized spacial score (nSPS) is 17.2. The van der Waals surface area contributed by atoms with Gasteiger partial charge >= 0.3 is 0 Å². The molecule has 0 amide bonds. The number of hydrogen-bond donors (Lipinski definition) is 2. The van der Waals surface area contributed by atoms with Gasteiger partial charge in [-0.2, -0.15) is 11.8 Å². The standard InChI is InChI=1S/C12H15F2NO3S2/c1-19-12(2-3-12)7-15-20(17,18)10-5-8(6-16)4-9(13)11(10)14/h4-5,15-16H,2-3,6-7H2,1H3. The number of rotatable bonds is 6. The van der Waals surface area contributed by atoms with E-state index in [1.165, 1.54) is 0 Å². The fourth-order valence-electron chi connectivity index (χ4n) is 1.80. The summed E-state index contributed by atoms with van der Waals surface area (Å²) in [5.41, 5.74) is 0.00952. The zero-order valence-electron chi connectivity index (χ0n) is 10.8. The minimum Gasteiger partial charge on any atom is -0.392 e. The fraction of sp³-hybridized carbons (Fsp3) is 0.500. The monoisotopic (exact) mass is 323 g/mol. The molecule has 2 rings (SSSR count). The van der Waals surface area contributed by atoms with E-state index in [4.69, 9.17) is 5.11 Å². The summed E-state index contributed by atoms with van der Waals surface area (Å²) < 4.78 is 53.3. The highest BCUT2D eigenvalue weighted by molar-refractivity contribution is 8.00. The first kappa shape index (κ1) is 15.7. The number of nitrogens with one attached hydrogen (secondary N) is 1. The molecule has 112 valence electrons. The third-order valence-corrected chi connectivity index (χ3v) is 6.17. The van der Waals surface area contributed by atoms with Gasteiger partial charge in [-0.15, -0.1) is 0 Å². The van der Waals surface area contributed by atoms with Crippen LogP contribution < -0.4 is 4.72 Å². The topological polar surface area (TPSA) is 66.4 Å². The van der Waals surface area contributed by atoms with E-state index in [0.717, 1.165) is 25.0 Å². The van der Waals surface area contributed by atoms with Crippen LogP contribution in [0.2, 0.25) is 0 Å². The number of aliphatic hydroxyl groups is 1. The predicted octanol–water partition coefficient (Wildman–Crippen LogP) is 1.63. The lowest BCUT2D eigenvalue weighted by molar-refractivity contribution is 0.280. The zero-order chi connectivity index (χ0) is 15.0. The van der Waals surface area contributed by atoms with Gasteiger partial charge in [-0.1, -0.05) is 0 Å². The second-order valence-electron chi connectivity index (χ2n) is 4.76. The van der Waals surface area contributed by atoms with E-state index in [1.54, 1.807) is 11.8 Å². The maximum absolute atomic E-state index is 13.7. The highest BCUT2D eigenvalue weighted by Gasteiger charge is 2.42. The van der Waals surface area contributed by atoms with Crippen molar-refractivity contribution in [2.45, 2.75) is 29.1 Å². The second kappa shape index (κ2) is 5.59. The molecular formula is C12H15F2NO3S2. The van der Waals surface area contributed by atoms with Crippen molar-refractivity contribution in [2.24, 2.45) is 0 Å². The third-order valence-electron chi connectivity index (χ3n) is 3.35. The average molecular weight is 323 g/mol.